The molecule has 0 radical (unpaired) electrons. The third-order valence-electron chi connectivity index (χ3n) is 4.60. The van der Waals surface area contributed by atoms with Crippen LogP contribution in [-0.4, -0.2) is 30.0 Å². The summed E-state index contributed by atoms with van der Waals surface area (Å²) >= 11 is 0. The van der Waals surface area contributed by atoms with Crippen LogP contribution >= 0.6 is 0 Å². The zero-order valence-corrected chi connectivity index (χ0v) is 14.1. The summed E-state index contributed by atoms with van der Waals surface area (Å²) in [5.41, 5.74) is -0.745. The van der Waals surface area contributed by atoms with E-state index in [1.54, 1.807) is 0 Å². The molecule has 0 aliphatic carbocycles. The van der Waals surface area contributed by atoms with Crippen LogP contribution in [0.5, 0.6) is 0 Å². The van der Waals surface area contributed by atoms with E-state index in [4.69, 9.17) is 0 Å². The molecule has 0 bridgehead atoms. The summed E-state index contributed by atoms with van der Waals surface area (Å²) < 4.78 is 37.7. The van der Waals surface area contributed by atoms with Crippen molar-refractivity contribution in [2.75, 3.05) is 18.0 Å². The number of carbonyl (C=O) groups excluding carboxylic acids is 1. The van der Waals surface area contributed by atoms with E-state index in [-0.39, 0.29) is 17.9 Å². The number of hydrogen-bond donors (Lipinski definition) is 1. The zero-order valence-electron chi connectivity index (χ0n) is 14.1. The second-order valence-corrected chi connectivity index (χ2v) is 6.19. The highest BCUT2D eigenvalue weighted by Crippen LogP contribution is 2.30. The van der Waals surface area contributed by atoms with E-state index in [2.05, 4.69) is 10.3 Å². The van der Waals surface area contributed by atoms with Gasteiger partial charge in [-0.05, 0) is 37.8 Å². The fourth-order valence-corrected chi connectivity index (χ4v) is 2.92. The second kappa shape index (κ2) is 7.85. The fraction of sp³-hybridized carbons (Fsp3) is 0.647. The maximum atomic E-state index is 12.6. The number of alkyl halides is 3. The van der Waals surface area contributed by atoms with Crippen LogP contribution in [0.2, 0.25) is 0 Å². The number of pyridine rings is 1. The molecule has 2 heterocycles. The quantitative estimate of drug-likeness (QED) is 0.888. The third-order valence-corrected chi connectivity index (χ3v) is 4.60. The second-order valence-electron chi connectivity index (χ2n) is 6.19. The van der Waals surface area contributed by atoms with Crippen LogP contribution in [-0.2, 0) is 11.0 Å². The lowest BCUT2D eigenvalue weighted by atomic mass is 9.95. The highest BCUT2D eigenvalue weighted by Gasteiger charge is 2.31. The van der Waals surface area contributed by atoms with Crippen LogP contribution in [0.3, 0.4) is 0 Å². The molecule has 1 fully saturated rings. The van der Waals surface area contributed by atoms with Crippen LogP contribution in [0, 0.1) is 5.92 Å². The van der Waals surface area contributed by atoms with Crippen LogP contribution in [0.1, 0.15) is 45.1 Å². The van der Waals surface area contributed by atoms with Crippen molar-refractivity contribution in [1.82, 2.24) is 10.3 Å². The number of anilines is 1. The standard InChI is InChI=1S/C17H24F3N3O/c1-3-14(4-2)22-16(24)12-7-9-23(10-8-12)15-6-5-13(11-21-15)17(18,19)20/h5-6,11-12,14H,3-4,7-10H2,1-2H3,(H,22,24). The van der Waals surface area contributed by atoms with Gasteiger partial charge in [0.1, 0.15) is 5.82 Å². The zero-order chi connectivity index (χ0) is 17.7. The van der Waals surface area contributed by atoms with Gasteiger partial charge in [-0.3, -0.25) is 4.79 Å². The number of piperidine rings is 1. The fourth-order valence-electron chi connectivity index (χ4n) is 2.92. The largest absolute Gasteiger partial charge is 0.417 e. The van der Waals surface area contributed by atoms with E-state index in [0.717, 1.165) is 25.1 Å². The van der Waals surface area contributed by atoms with E-state index >= 15 is 0 Å². The first-order chi connectivity index (χ1) is 11.3. The minimum Gasteiger partial charge on any atom is -0.357 e. The van der Waals surface area contributed by atoms with E-state index in [1.165, 1.54) is 6.07 Å². The highest BCUT2D eigenvalue weighted by molar-refractivity contribution is 5.79. The Morgan fingerprint density at radius 3 is 2.38 bits per heavy atom. The molecular formula is C17H24F3N3O. The summed E-state index contributed by atoms with van der Waals surface area (Å²) in [7, 11) is 0. The number of rotatable bonds is 5. The van der Waals surface area contributed by atoms with Crippen LogP contribution < -0.4 is 10.2 Å². The molecular weight excluding hydrogens is 319 g/mol. The molecule has 1 saturated heterocycles. The van der Waals surface area contributed by atoms with Crippen LogP contribution in [0.25, 0.3) is 0 Å². The molecule has 1 amide bonds. The summed E-state index contributed by atoms with van der Waals surface area (Å²) in [6, 6.07) is 2.66. The molecule has 2 rings (SSSR count). The maximum Gasteiger partial charge on any atom is 0.417 e. The number of halogens is 3. The van der Waals surface area contributed by atoms with Gasteiger partial charge >= 0.3 is 6.18 Å². The number of aromatic nitrogens is 1. The predicted octanol–water partition coefficient (Wildman–Crippen LogP) is 3.62. The molecule has 1 aromatic heterocycles. The van der Waals surface area contributed by atoms with Gasteiger partial charge in [0.15, 0.2) is 0 Å². The summed E-state index contributed by atoms with van der Waals surface area (Å²) in [4.78, 5) is 18.1. The summed E-state index contributed by atoms with van der Waals surface area (Å²) in [5.74, 6) is 0.585. The van der Waals surface area contributed by atoms with Gasteiger partial charge in [0.05, 0.1) is 5.56 Å². The van der Waals surface area contributed by atoms with E-state index < -0.39 is 11.7 Å². The predicted molar refractivity (Wildman–Crippen MR) is 86.7 cm³/mol. The monoisotopic (exact) mass is 343 g/mol. The SMILES string of the molecule is CCC(CC)NC(=O)C1CCN(c2ccc(C(F)(F)F)cn2)CC1. The molecule has 0 aromatic carbocycles. The van der Waals surface area contributed by atoms with Crippen molar-refractivity contribution in [2.45, 2.75) is 51.7 Å². The van der Waals surface area contributed by atoms with Crippen molar-refractivity contribution in [1.29, 1.82) is 0 Å². The minimum atomic E-state index is -4.37. The molecule has 1 aromatic rings. The minimum absolute atomic E-state index is 0.0312. The molecule has 24 heavy (non-hydrogen) atoms. The molecule has 1 aliphatic rings. The number of carbonyl (C=O) groups is 1. The Morgan fingerprint density at radius 1 is 1.29 bits per heavy atom. The molecule has 1 N–H and O–H groups in total. The van der Waals surface area contributed by atoms with Gasteiger partial charge in [-0.15, -0.1) is 0 Å². The summed E-state index contributed by atoms with van der Waals surface area (Å²) in [6.45, 7) is 5.35. The van der Waals surface area contributed by atoms with Crippen molar-refractivity contribution in [3.63, 3.8) is 0 Å². The summed E-state index contributed by atoms with van der Waals surface area (Å²) in [6.07, 6.45) is -0.302. The van der Waals surface area contributed by atoms with E-state index in [9.17, 15) is 18.0 Å². The lowest BCUT2D eigenvalue weighted by Crippen LogP contribution is -2.43. The average Bonchev–Trinajstić information content (AvgIpc) is 2.59. The normalized spacial score (nSPS) is 16.5. The van der Waals surface area contributed by atoms with Crippen molar-refractivity contribution in [3.8, 4) is 0 Å². The molecule has 0 spiro atoms. The van der Waals surface area contributed by atoms with Gasteiger partial charge in [-0.25, -0.2) is 4.98 Å². The van der Waals surface area contributed by atoms with Crippen molar-refractivity contribution in [2.24, 2.45) is 5.92 Å². The van der Waals surface area contributed by atoms with Gasteiger partial charge in [-0.2, -0.15) is 13.2 Å². The number of hydrogen-bond acceptors (Lipinski definition) is 3. The molecule has 4 nitrogen and oxygen atoms in total. The Labute approximate surface area is 140 Å². The molecule has 0 unspecified atom stereocenters. The van der Waals surface area contributed by atoms with Crippen molar-refractivity contribution >= 4 is 11.7 Å². The molecule has 1 aliphatic heterocycles. The van der Waals surface area contributed by atoms with E-state index in [0.29, 0.717) is 31.7 Å². The van der Waals surface area contributed by atoms with Crippen molar-refractivity contribution in [3.05, 3.63) is 23.9 Å². The number of nitrogens with zero attached hydrogens (tertiary/aromatic N) is 2. The Bertz CT molecular complexity index is 533. The van der Waals surface area contributed by atoms with E-state index in [1.807, 2.05) is 18.7 Å². The lowest BCUT2D eigenvalue weighted by Gasteiger charge is -2.33. The van der Waals surface area contributed by atoms with Gasteiger partial charge in [0.2, 0.25) is 5.91 Å². The Balaban J connectivity index is 1.89. The first kappa shape index (κ1) is 18.5. The van der Waals surface area contributed by atoms with Gasteiger partial charge in [0, 0.05) is 31.2 Å². The third kappa shape index (κ3) is 4.61. The van der Waals surface area contributed by atoms with Crippen molar-refractivity contribution < 1.29 is 18.0 Å². The first-order valence-corrected chi connectivity index (χ1v) is 8.43. The Hall–Kier alpha value is -1.79. The number of nitrogens with one attached hydrogen (secondary N) is 1. The highest BCUT2D eigenvalue weighted by atomic mass is 19.4. The van der Waals surface area contributed by atoms with Gasteiger partial charge in [-0.1, -0.05) is 13.8 Å². The first-order valence-electron chi connectivity index (χ1n) is 8.43. The molecule has 0 saturated carbocycles. The Morgan fingerprint density at radius 2 is 1.92 bits per heavy atom. The topological polar surface area (TPSA) is 45.2 Å². The van der Waals surface area contributed by atoms with Crippen LogP contribution in [0.4, 0.5) is 19.0 Å². The maximum absolute atomic E-state index is 12.6. The van der Waals surface area contributed by atoms with Gasteiger partial charge in [0.25, 0.3) is 0 Å². The Kier molecular flexibility index (Phi) is 6.07. The summed E-state index contributed by atoms with van der Waals surface area (Å²) in [5, 5.41) is 3.07. The number of amides is 1. The molecule has 7 heteroatoms. The smallest absolute Gasteiger partial charge is 0.357 e. The van der Waals surface area contributed by atoms with Crippen LogP contribution in [0.15, 0.2) is 18.3 Å². The van der Waals surface area contributed by atoms with Gasteiger partial charge < -0.3 is 10.2 Å². The molecule has 0 atom stereocenters. The lowest BCUT2D eigenvalue weighted by molar-refractivity contribution is -0.137. The average molecular weight is 343 g/mol. The molecule has 134 valence electrons.